The molecule has 112 valence electrons. The minimum atomic E-state index is -4.59. The van der Waals surface area contributed by atoms with E-state index in [0.717, 1.165) is 28.7 Å². The summed E-state index contributed by atoms with van der Waals surface area (Å²) in [5.74, 6) is -0.720. The van der Waals surface area contributed by atoms with Crippen molar-refractivity contribution in [2.24, 2.45) is 0 Å². The third-order valence-corrected chi connectivity index (χ3v) is 4.81. The van der Waals surface area contributed by atoms with Crippen molar-refractivity contribution in [1.82, 2.24) is 15.5 Å². The Bertz CT molecular complexity index is 694. The quantitative estimate of drug-likeness (QED) is 0.850. The van der Waals surface area contributed by atoms with Crippen LogP contribution in [0.25, 0.3) is 10.4 Å². The summed E-state index contributed by atoms with van der Waals surface area (Å²) in [6.07, 6.45) is -1.41. The average molecular weight is 316 g/mol. The molecule has 3 rings (SSSR count). The Morgan fingerprint density at radius 3 is 2.71 bits per heavy atom. The number of nitrogens with one attached hydrogen (secondary N) is 2. The van der Waals surface area contributed by atoms with Gasteiger partial charge in [0.1, 0.15) is 4.88 Å². The van der Waals surface area contributed by atoms with Crippen molar-refractivity contribution >= 4 is 22.9 Å². The van der Waals surface area contributed by atoms with Crippen LogP contribution in [0.15, 0.2) is 18.5 Å². The molecule has 21 heavy (non-hydrogen) atoms. The molecular formula is C12H11F3N4OS. The second kappa shape index (κ2) is 4.23. The molecule has 1 atom stereocenters. The highest BCUT2D eigenvalue weighted by atomic mass is 32.1. The number of anilines is 1. The van der Waals surface area contributed by atoms with Crippen LogP contribution in [0, 0.1) is 0 Å². The van der Waals surface area contributed by atoms with E-state index in [0.29, 0.717) is 4.88 Å². The zero-order chi connectivity index (χ0) is 15.4. The first kappa shape index (κ1) is 13.9. The number of fused-ring (bicyclic) bond motifs is 1. The van der Waals surface area contributed by atoms with Gasteiger partial charge in [0.05, 0.1) is 11.9 Å². The van der Waals surface area contributed by atoms with Gasteiger partial charge in [0.2, 0.25) is 5.66 Å². The average Bonchev–Trinajstić information content (AvgIpc) is 3.03. The first-order valence-corrected chi connectivity index (χ1v) is 6.82. The number of rotatable bonds is 1. The van der Waals surface area contributed by atoms with Gasteiger partial charge < -0.3 is 10.2 Å². The number of amides is 1. The minimum Gasteiger partial charge on any atom is -0.343 e. The van der Waals surface area contributed by atoms with Crippen LogP contribution >= 0.6 is 11.3 Å². The van der Waals surface area contributed by atoms with Crippen LogP contribution in [0.1, 0.15) is 16.6 Å². The summed E-state index contributed by atoms with van der Waals surface area (Å²) in [6, 6.07) is 1.58. The van der Waals surface area contributed by atoms with E-state index in [9.17, 15) is 18.0 Å². The predicted molar refractivity (Wildman–Crippen MR) is 72.2 cm³/mol. The molecule has 0 bridgehead atoms. The fourth-order valence-corrected chi connectivity index (χ4v) is 3.25. The predicted octanol–water partition coefficient (Wildman–Crippen LogP) is 2.60. The number of carbonyl (C=O) groups excluding carboxylic acids is 1. The van der Waals surface area contributed by atoms with Crippen molar-refractivity contribution in [3.8, 4) is 10.4 Å². The van der Waals surface area contributed by atoms with Gasteiger partial charge in [-0.25, -0.2) is 0 Å². The van der Waals surface area contributed by atoms with Gasteiger partial charge in [-0.05, 0) is 13.0 Å². The molecular weight excluding hydrogens is 305 g/mol. The number of nitrogens with zero attached hydrogens (tertiary/aromatic N) is 2. The summed E-state index contributed by atoms with van der Waals surface area (Å²) in [7, 11) is 1.32. The zero-order valence-electron chi connectivity index (χ0n) is 11.1. The normalized spacial score (nSPS) is 22.1. The Morgan fingerprint density at radius 2 is 2.14 bits per heavy atom. The zero-order valence-corrected chi connectivity index (χ0v) is 11.9. The van der Waals surface area contributed by atoms with Crippen LogP contribution < -0.4 is 10.2 Å². The highest BCUT2D eigenvalue weighted by Gasteiger charge is 2.58. The Balaban J connectivity index is 2.11. The van der Waals surface area contributed by atoms with Gasteiger partial charge in [-0.3, -0.25) is 9.89 Å². The molecule has 0 spiro atoms. The smallest absolute Gasteiger partial charge is 0.343 e. The third-order valence-electron chi connectivity index (χ3n) is 3.64. The monoisotopic (exact) mass is 316 g/mol. The maximum Gasteiger partial charge on any atom is 0.430 e. The molecule has 1 aliphatic rings. The Hall–Kier alpha value is -2.03. The highest BCUT2D eigenvalue weighted by Crippen LogP contribution is 2.44. The number of hydrogen-bond donors (Lipinski definition) is 2. The van der Waals surface area contributed by atoms with Crippen molar-refractivity contribution in [3.63, 3.8) is 0 Å². The van der Waals surface area contributed by atoms with Crippen molar-refractivity contribution in [1.29, 1.82) is 0 Å². The number of carbonyl (C=O) groups is 1. The number of alkyl halides is 3. The molecule has 9 heteroatoms. The first-order chi connectivity index (χ1) is 9.74. The molecule has 2 aromatic heterocycles. The SMILES string of the molecule is CN1c2cc(-c3cn[nH]c3)sc2C(=O)NC1(C)C(F)(F)F. The number of aromatic nitrogens is 2. The van der Waals surface area contributed by atoms with Crippen molar-refractivity contribution in [2.45, 2.75) is 18.8 Å². The van der Waals surface area contributed by atoms with Crippen molar-refractivity contribution in [3.05, 3.63) is 23.3 Å². The largest absolute Gasteiger partial charge is 0.430 e. The molecule has 5 nitrogen and oxygen atoms in total. The van der Waals surface area contributed by atoms with Gasteiger partial charge in [-0.1, -0.05) is 0 Å². The molecule has 1 aliphatic heterocycles. The van der Waals surface area contributed by atoms with Crippen LogP contribution in [0.3, 0.4) is 0 Å². The lowest BCUT2D eigenvalue weighted by Gasteiger charge is -2.44. The summed E-state index contributed by atoms with van der Waals surface area (Å²) in [6.45, 7) is 0.947. The fraction of sp³-hybridized carbons (Fsp3) is 0.333. The van der Waals surface area contributed by atoms with Gasteiger partial charge in [0.25, 0.3) is 5.91 Å². The lowest BCUT2D eigenvalue weighted by atomic mass is 10.1. The molecule has 1 amide bonds. The minimum absolute atomic E-state index is 0.260. The lowest BCUT2D eigenvalue weighted by molar-refractivity contribution is -0.187. The molecule has 0 aliphatic carbocycles. The van der Waals surface area contributed by atoms with E-state index in [1.54, 1.807) is 18.5 Å². The second-order valence-corrected chi connectivity index (χ2v) is 5.95. The van der Waals surface area contributed by atoms with Crippen molar-refractivity contribution in [2.75, 3.05) is 11.9 Å². The third kappa shape index (κ3) is 1.91. The van der Waals surface area contributed by atoms with Gasteiger partial charge in [-0.2, -0.15) is 18.3 Å². The van der Waals surface area contributed by atoms with Crippen LogP contribution in [0.4, 0.5) is 18.9 Å². The summed E-state index contributed by atoms with van der Waals surface area (Å²) in [4.78, 5) is 14.0. The van der Waals surface area contributed by atoms with Gasteiger partial charge in [-0.15, -0.1) is 11.3 Å². The second-order valence-electron chi connectivity index (χ2n) is 4.90. The van der Waals surface area contributed by atoms with Crippen LogP contribution in [-0.4, -0.2) is 35.0 Å². The Labute approximate surface area is 121 Å². The van der Waals surface area contributed by atoms with Crippen LogP contribution in [0.5, 0.6) is 0 Å². The number of aromatic amines is 1. The maximum absolute atomic E-state index is 13.3. The summed E-state index contributed by atoms with van der Waals surface area (Å²) < 4.78 is 39.8. The molecule has 0 radical (unpaired) electrons. The molecule has 0 saturated heterocycles. The molecule has 0 aromatic carbocycles. The molecule has 0 saturated carbocycles. The van der Waals surface area contributed by atoms with Gasteiger partial charge in [0, 0.05) is 23.7 Å². The fourth-order valence-electron chi connectivity index (χ4n) is 2.18. The standard InChI is InChI=1S/C12H11F3N4OS/c1-11(12(13,14)15)18-10(20)9-7(19(11)2)3-8(21-9)6-4-16-17-5-6/h3-5H,1-2H3,(H,16,17)(H,18,20). The molecule has 1 unspecified atom stereocenters. The summed E-state index contributed by atoms with van der Waals surface area (Å²) >= 11 is 1.14. The van der Waals surface area contributed by atoms with E-state index in [1.165, 1.54) is 7.05 Å². The Kier molecular flexibility index (Phi) is 2.81. The van der Waals surface area contributed by atoms with E-state index < -0.39 is 17.7 Å². The van der Waals surface area contributed by atoms with E-state index in [4.69, 9.17) is 0 Å². The van der Waals surface area contributed by atoms with E-state index >= 15 is 0 Å². The Morgan fingerprint density at radius 1 is 1.43 bits per heavy atom. The highest BCUT2D eigenvalue weighted by molar-refractivity contribution is 7.18. The summed E-state index contributed by atoms with van der Waals surface area (Å²) in [5, 5.41) is 8.48. The molecule has 2 aromatic rings. The van der Waals surface area contributed by atoms with E-state index in [1.807, 2.05) is 5.32 Å². The maximum atomic E-state index is 13.3. The number of halogens is 3. The van der Waals surface area contributed by atoms with Crippen LogP contribution in [-0.2, 0) is 0 Å². The van der Waals surface area contributed by atoms with E-state index in [2.05, 4.69) is 10.2 Å². The van der Waals surface area contributed by atoms with Gasteiger partial charge >= 0.3 is 6.18 Å². The topological polar surface area (TPSA) is 61.0 Å². The number of thiophene rings is 1. The van der Waals surface area contributed by atoms with Gasteiger partial charge in [0.15, 0.2) is 0 Å². The van der Waals surface area contributed by atoms with Crippen LogP contribution in [0.2, 0.25) is 0 Å². The molecule has 3 heterocycles. The van der Waals surface area contributed by atoms with E-state index in [-0.39, 0.29) is 10.6 Å². The number of H-pyrrole nitrogens is 1. The van der Waals surface area contributed by atoms with Crippen molar-refractivity contribution < 1.29 is 18.0 Å². The summed E-state index contributed by atoms with van der Waals surface area (Å²) in [5.41, 5.74) is -1.43. The number of hydrogen-bond acceptors (Lipinski definition) is 4. The first-order valence-electron chi connectivity index (χ1n) is 6.00. The molecule has 2 N–H and O–H groups in total. The molecule has 0 fully saturated rings. The lowest BCUT2D eigenvalue weighted by Crippen LogP contribution is -2.68.